The number of nitrogens with two attached hydrogens (primary N) is 1. The van der Waals surface area contributed by atoms with Crippen LogP contribution in [0.2, 0.25) is 0 Å². The summed E-state index contributed by atoms with van der Waals surface area (Å²) in [7, 11) is 0. The molecule has 0 unspecified atom stereocenters. The van der Waals surface area contributed by atoms with Crippen molar-refractivity contribution in [1.82, 2.24) is 0 Å². The lowest BCUT2D eigenvalue weighted by molar-refractivity contribution is -0.174. The fraction of sp³-hybridized carbons (Fsp3) is 0.364. The summed E-state index contributed by atoms with van der Waals surface area (Å²) in [6, 6.07) is -0.0404. The van der Waals surface area contributed by atoms with Crippen LogP contribution in [0.1, 0.15) is 18.5 Å². The minimum Gasteiger partial charge on any atom is -0.462 e. The normalized spacial score (nSPS) is 13.2. The molecule has 3 nitrogen and oxygen atoms in total. The molecule has 1 atom stereocenters. The predicted octanol–water partition coefficient (Wildman–Crippen LogP) is 2.16. The zero-order valence-electron chi connectivity index (χ0n) is 9.42. The highest BCUT2D eigenvalue weighted by molar-refractivity contribution is 5.78. The summed E-state index contributed by atoms with van der Waals surface area (Å²) in [5.74, 6) is -8.32. The van der Waals surface area contributed by atoms with E-state index in [-0.39, 0.29) is 6.61 Å². The summed E-state index contributed by atoms with van der Waals surface area (Å²) in [5.41, 5.74) is 4.79. The van der Waals surface area contributed by atoms with Gasteiger partial charge >= 0.3 is 11.9 Å². The van der Waals surface area contributed by atoms with Crippen molar-refractivity contribution in [2.75, 3.05) is 6.61 Å². The molecule has 100 valence electrons. The van der Waals surface area contributed by atoms with Gasteiger partial charge in [0.1, 0.15) is 6.04 Å². The fourth-order valence-electron chi connectivity index (χ4n) is 1.27. The second-order valence-corrected chi connectivity index (χ2v) is 3.49. The highest BCUT2D eigenvalue weighted by Gasteiger charge is 2.47. The maximum Gasteiger partial charge on any atom is 0.379 e. The third-order valence-corrected chi connectivity index (χ3v) is 2.24. The van der Waals surface area contributed by atoms with Gasteiger partial charge in [-0.2, -0.15) is 8.78 Å². The monoisotopic (exact) mass is 265 g/mol. The first-order valence-corrected chi connectivity index (χ1v) is 5.06. The third-order valence-electron chi connectivity index (χ3n) is 2.24. The SMILES string of the molecule is CCOC(=O)C(F)(F)[C@H](N)c1ccc(F)c(F)c1. The van der Waals surface area contributed by atoms with E-state index in [1.807, 2.05) is 0 Å². The Morgan fingerprint density at radius 2 is 2.00 bits per heavy atom. The number of carbonyl (C=O) groups is 1. The minimum atomic E-state index is -4.01. The lowest BCUT2D eigenvalue weighted by Gasteiger charge is -2.21. The smallest absolute Gasteiger partial charge is 0.379 e. The van der Waals surface area contributed by atoms with Crippen molar-refractivity contribution in [2.24, 2.45) is 5.73 Å². The lowest BCUT2D eigenvalue weighted by atomic mass is 10.0. The molecule has 0 amide bonds. The van der Waals surface area contributed by atoms with Crippen LogP contribution in [-0.4, -0.2) is 18.5 Å². The molecule has 18 heavy (non-hydrogen) atoms. The van der Waals surface area contributed by atoms with Crippen molar-refractivity contribution in [3.05, 3.63) is 35.4 Å². The first-order valence-electron chi connectivity index (χ1n) is 5.06. The molecule has 1 rings (SSSR count). The first kappa shape index (κ1) is 14.4. The first-order chi connectivity index (χ1) is 8.30. The molecule has 1 aromatic carbocycles. The Kier molecular flexibility index (Phi) is 4.28. The van der Waals surface area contributed by atoms with Gasteiger partial charge in [-0.05, 0) is 24.6 Å². The summed E-state index contributed by atoms with van der Waals surface area (Å²) in [4.78, 5) is 11.0. The van der Waals surface area contributed by atoms with Crippen LogP contribution < -0.4 is 5.73 Å². The van der Waals surface area contributed by atoms with E-state index in [0.29, 0.717) is 12.1 Å². The van der Waals surface area contributed by atoms with Gasteiger partial charge in [-0.15, -0.1) is 0 Å². The summed E-state index contributed by atoms with van der Waals surface area (Å²) in [6.07, 6.45) is 0. The minimum absolute atomic E-state index is 0.237. The van der Waals surface area contributed by atoms with Crippen LogP contribution in [0.4, 0.5) is 17.6 Å². The van der Waals surface area contributed by atoms with Gasteiger partial charge in [-0.3, -0.25) is 0 Å². The van der Waals surface area contributed by atoms with Crippen LogP contribution in [0.5, 0.6) is 0 Å². The van der Waals surface area contributed by atoms with Gasteiger partial charge in [0.25, 0.3) is 0 Å². The molecule has 0 saturated heterocycles. The zero-order chi connectivity index (χ0) is 13.9. The second kappa shape index (κ2) is 5.34. The Labute approximate surface area is 101 Å². The molecule has 0 spiro atoms. The van der Waals surface area contributed by atoms with Crippen molar-refractivity contribution in [3.8, 4) is 0 Å². The average Bonchev–Trinajstić information content (AvgIpc) is 2.32. The molecule has 0 radical (unpaired) electrons. The molecule has 2 N–H and O–H groups in total. The Hall–Kier alpha value is -1.63. The predicted molar refractivity (Wildman–Crippen MR) is 54.9 cm³/mol. The highest BCUT2D eigenvalue weighted by atomic mass is 19.3. The van der Waals surface area contributed by atoms with Crippen molar-refractivity contribution >= 4 is 5.97 Å². The van der Waals surface area contributed by atoms with Gasteiger partial charge in [0.2, 0.25) is 0 Å². The van der Waals surface area contributed by atoms with E-state index in [9.17, 15) is 22.4 Å². The van der Waals surface area contributed by atoms with E-state index < -0.39 is 35.1 Å². The molecule has 0 saturated carbocycles. The van der Waals surface area contributed by atoms with Crippen LogP contribution in [0, 0.1) is 11.6 Å². The molecule has 0 aromatic heterocycles. The van der Waals surface area contributed by atoms with Crippen molar-refractivity contribution in [2.45, 2.75) is 18.9 Å². The van der Waals surface area contributed by atoms with Crippen molar-refractivity contribution < 1.29 is 27.1 Å². The number of hydrogen-bond acceptors (Lipinski definition) is 3. The number of hydrogen-bond donors (Lipinski definition) is 1. The van der Waals surface area contributed by atoms with E-state index in [1.54, 1.807) is 0 Å². The van der Waals surface area contributed by atoms with Crippen molar-refractivity contribution in [3.63, 3.8) is 0 Å². The van der Waals surface area contributed by atoms with Gasteiger partial charge in [0.15, 0.2) is 11.6 Å². The van der Waals surface area contributed by atoms with Crippen LogP contribution in [0.3, 0.4) is 0 Å². The number of esters is 1. The van der Waals surface area contributed by atoms with Gasteiger partial charge in [-0.25, -0.2) is 13.6 Å². The molecule has 7 heteroatoms. The molecule has 0 aliphatic heterocycles. The maximum atomic E-state index is 13.5. The van der Waals surface area contributed by atoms with Crippen LogP contribution in [-0.2, 0) is 9.53 Å². The number of rotatable bonds is 4. The molecular formula is C11H11F4NO2. The van der Waals surface area contributed by atoms with Gasteiger partial charge in [0.05, 0.1) is 6.61 Å². The largest absolute Gasteiger partial charge is 0.462 e. The van der Waals surface area contributed by atoms with E-state index >= 15 is 0 Å². The Bertz CT molecular complexity index is 451. The maximum absolute atomic E-state index is 13.5. The molecule has 1 aromatic rings. The lowest BCUT2D eigenvalue weighted by Crippen LogP contribution is -2.41. The summed E-state index contributed by atoms with van der Waals surface area (Å²) in [6.45, 7) is 1.12. The van der Waals surface area contributed by atoms with Crippen LogP contribution in [0.25, 0.3) is 0 Å². The highest BCUT2D eigenvalue weighted by Crippen LogP contribution is 2.31. The summed E-state index contributed by atoms with van der Waals surface area (Å²) in [5, 5.41) is 0. The standard InChI is InChI=1S/C11H11F4NO2/c1-2-18-10(17)11(14,15)9(16)6-3-4-7(12)8(13)5-6/h3-5,9H,2,16H2,1H3/t9-/m1/s1. The van der Waals surface area contributed by atoms with Gasteiger partial charge < -0.3 is 10.5 Å². The Balaban J connectivity index is 3.01. The third kappa shape index (κ3) is 2.79. The summed E-state index contributed by atoms with van der Waals surface area (Å²) >= 11 is 0. The Morgan fingerprint density at radius 3 is 2.50 bits per heavy atom. The zero-order valence-corrected chi connectivity index (χ0v) is 9.42. The number of alkyl halides is 2. The van der Waals surface area contributed by atoms with Crippen LogP contribution >= 0.6 is 0 Å². The second-order valence-electron chi connectivity index (χ2n) is 3.49. The number of halogens is 4. The molecule has 0 heterocycles. The van der Waals surface area contributed by atoms with Crippen LogP contribution in [0.15, 0.2) is 18.2 Å². The topological polar surface area (TPSA) is 52.3 Å². The van der Waals surface area contributed by atoms with E-state index in [0.717, 1.165) is 6.07 Å². The quantitative estimate of drug-likeness (QED) is 0.670. The number of carbonyl (C=O) groups excluding carboxylic acids is 1. The van der Waals surface area contributed by atoms with Gasteiger partial charge in [0, 0.05) is 0 Å². The van der Waals surface area contributed by atoms with Gasteiger partial charge in [-0.1, -0.05) is 6.07 Å². The molecule has 0 aliphatic rings. The van der Waals surface area contributed by atoms with E-state index in [2.05, 4.69) is 4.74 Å². The summed E-state index contributed by atoms with van der Waals surface area (Å²) < 4.78 is 56.7. The fourth-order valence-corrected chi connectivity index (χ4v) is 1.27. The molecule has 0 fully saturated rings. The molecular weight excluding hydrogens is 254 g/mol. The van der Waals surface area contributed by atoms with Crippen molar-refractivity contribution in [1.29, 1.82) is 0 Å². The number of benzene rings is 1. The Morgan fingerprint density at radius 1 is 1.39 bits per heavy atom. The van der Waals surface area contributed by atoms with E-state index in [1.165, 1.54) is 6.92 Å². The number of ether oxygens (including phenoxy) is 1. The average molecular weight is 265 g/mol. The van der Waals surface area contributed by atoms with E-state index in [4.69, 9.17) is 5.73 Å². The molecule has 0 aliphatic carbocycles. The molecule has 0 bridgehead atoms.